The number of morpholine rings is 1. The van der Waals surface area contributed by atoms with Crippen LogP contribution in [0.15, 0.2) is 6.07 Å². The first kappa shape index (κ1) is 18.4. The maximum atomic E-state index is 12.9. The third kappa shape index (κ3) is 4.59. The number of aliphatic hydroxyl groups is 1. The molecule has 2 fully saturated rings. The van der Waals surface area contributed by atoms with E-state index in [0.29, 0.717) is 24.1 Å². The molecule has 2 saturated heterocycles. The minimum absolute atomic E-state index is 0.0340. The molecular weight excluding hydrogens is 320 g/mol. The SMILES string of the molecule is CC(C)c1cc(C(=O)N2CC(CO)CC(CN3CCOCC3)C2)n[nH]1. The third-order valence-corrected chi connectivity index (χ3v) is 5.23. The van der Waals surface area contributed by atoms with Gasteiger partial charge in [-0.2, -0.15) is 5.10 Å². The number of carbonyl (C=O) groups is 1. The highest BCUT2D eigenvalue weighted by Crippen LogP contribution is 2.24. The topological polar surface area (TPSA) is 81.7 Å². The zero-order valence-corrected chi connectivity index (χ0v) is 15.3. The Balaban J connectivity index is 1.65. The average molecular weight is 350 g/mol. The Kier molecular flexibility index (Phi) is 6.09. The molecule has 0 saturated carbocycles. The highest BCUT2D eigenvalue weighted by atomic mass is 16.5. The number of aliphatic hydroxyl groups excluding tert-OH is 1. The fraction of sp³-hybridized carbons (Fsp3) is 0.778. The second-order valence-electron chi connectivity index (χ2n) is 7.64. The summed E-state index contributed by atoms with van der Waals surface area (Å²) < 4.78 is 5.41. The largest absolute Gasteiger partial charge is 0.396 e. The van der Waals surface area contributed by atoms with Gasteiger partial charge in [0.25, 0.3) is 5.91 Å². The summed E-state index contributed by atoms with van der Waals surface area (Å²) in [6, 6.07) is 1.85. The Morgan fingerprint density at radius 3 is 2.72 bits per heavy atom. The summed E-state index contributed by atoms with van der Waals surface area (Å²) in [7, 11) is 0. The monoisotopic (exact) mass is 350 g/mol. The Morgan fingerprint density at radius 1 is 1.36 bits per heavy atom. The van der Waals surface area contributed by atoms with Gasteiger partial charge in [-0.15, -0.1) is 0 Å². The van der Waals surface area contributed by atoms with Crippen LogP contribution in [0.4, 0.5) is 0 Å². The van der Waals surface area contributed by atoms with Crippen LogP contribution < -0.4 is 0 Å². The van der Waals surface area contributed by atoms with Crippen molar-refractivity contribution in [2.24, 2.45) is 11.8 Å². The Morgan fingerprint density at radius 2 is 2.08 bits per heavy atom. The van der Waals surface area contributed by atoms with Crippen molar-refractivity contribution in [2.45, 2.75) is 26.2 Å². The van der Waals surface area contributed by atoms with Crippen LogP contribution in [0.5, 0.6) is 0 Å². The highest BCUT2D eigenvalue weighted by Gasteiger charge is 2.32. The Hall–Kier alpha value is -1.44. The van der Waals surface area contributed by atoms with Crippen molar-refractivity contribution in [2.75, 3.05) is 52.5 Å². The smallest absolute Gasteiger partial charge is 0.274 e. The number of aromatic amines is 1. The number of ether oxygens (including phenoxy) is 1. The molecule has 0 bridgehead atoms. The molecule has 1 aromatic heterocycles. The van der Waals surface area contributed by atoms with Crippen LogP contribution >= 0.6 is 0 Å². The van der Waals surface area contributed by atoms with Crippen molar-refractivity contribution in [1.29, 1.82) is 0 Å². The van der Waals surface area contributed by atoms with Crippen LogP contribution in [0.25, 0.3) is 0 Å². The molecule has 1 aromatic rings. The maximum absolute atomic E-state index is 12.9. The van der Waals surface area contributed by atoms with Gasteiger partial charge in [0.05, 0.1) is 13.2 Å². The van der Waals surface area contributed by atoms with E-state index in [0.717, 1.165) is 51.5 Å². The first-order chi connectivity index (χ1) is 12.1. The van der Waals surface area contributed by atoms with E-state index in [1.54, 1.807) is 0 Å². The summed E-state index contributed by atoms with van der Waals surface area (Å²) in [5.74, 6) is 0.812. The molecule has 3 heterocycles. The standard InChI is InChI=1S/C18H30N4O3/c1-13(2)16-8-17(20-19-16)18(24)22-10-14(7-15(11-22)12-23)9-21-3-5-25-6-4-21/h8,13-15,23H,3-7,9-12H2,1-2H3,(H,19,20). The van der Waals surface area contributed by atoms with Crippen LogP contribution in [-0.4, -0.2) is 83.6 Å². The Bertz CT molecular complexity index is 568. The number of aromatic nitrogens is 2. The fourth-order valence-corrected chi connectivity index (χ4v) is 3.80. The maximum Gasteiger partial charge on any atom is 0.274 e. The number of likely N-dealkylation sites (tertiary alicyclic amines) is 1. The summed E-state index contributed by atoms with van der Waals surface area (Å²) in [5, 5.41) is 16.8. The van der Waals surface area contributed by atoms with Gasteiger partial charge >= 0.3 is 0 Å². The summed E-state index contributed by atoms with van der Waals surface area (Å²) in [4.78, 5) is 17.1. The predicted octanol–water partition coefficient (Wildman–Crippen LogP) is 0.936. The van der Waals surface area contributed by atoms with Gasteiger partial charge in [0.1, 0.15) is 5.69 Å². The van der Waals surface area contributed by atoms with Gasteiger partial charge in [0.15, 0.2) is 0 Å². The number of nitrogens with one attached hydrogen (secondary N) is 1. The molecule has 7 nitrogen and oxygen atoms in total. The van der Waals surface area contributed by atoms with E-state index in [1.807, 2.05) is 11.0 Å². The van der Waals surface area contributed by atoms with Gasteiger partial charge < -0.3 is 14.7 Å². The predicted molar refractivity (Wildman–Crippen MR) is 94.5 cm³/mol. The number of piperidine rings is 1. The van der Waals surface area contributed by atoms with E-state index in [9.17, 15) is 9.90 Å². The lowest BCUT2D eigenvalue weighted by Crippen LogP contribution is -2.49. The minimum atomic E-state index is -0.0340. The molecule has 140 valence electrons. The zero-order chi connectivity index (χ0) is 17.8. The number of rotatable bonds is 5. The molecule has 2 N–H and O–H groups in total. The number of hydrogen-bond acceptors (Lipinski definition) is 5. The van der Waals surface area contributed by atoms with Gasteiger partial charge in [-0.1, -0.05) is 13.8 Å². The number of nitrogens with zero attached hydrogens (tertiary/aromatic N) is 3. The normalized spacial score (nSPS) is 25.5. The molecule has 0 radical (unpaired) electrons. The molecule has 7 heteroatoms. The number of carbonyl (C=O) groups excluding carboxylic acids is 1. The van der Waals surface area contributed by atoms with Crippen LogP contribution in [0.1, 0.15) is 42.4 Å². The van der Waals surface area contributed by atoms with Crippen LogP contribution in [0.3, 0.4) is 0 Å². The van der Waals surface area contributed by atoms with Crippen molar-refractivity contribution in [3.63, 3.8) is 0 Å². The van der Waals surface area contributed by atoms with Gasteiger partial charge in [-0.25, -0.2) is 0 Å². The first-order valence-corrected chi connectivity index (χ1v) is 9.32. The van der Waals surface area contributed by atoms with Crippen molar-refractivity contribution >= 4 is 5.91 Å². The van der Waals surface area contributed by atoms with Gasteiger partial charge in [0.2, 0.25) is 0 Å². The lowest BCUT2D eigenvalue weighted by Gasteiger charge is -2.39. The number of H-pyrrole nitrogens is 1. The molecule has 0 aliphatic carbocycles. The summed E-state index contributed by atoms with van der Waals surface area (Å²) in [6.45, 7) is 10.0. The molecule has 2 atom stereocenters. The van der Waals surface area contributed by atoms with E-state index in [-0.39, 0.29) is 18.4 Å². The molecule has 0 aromatic carbocycles. The highest BCUT2D eigenvalue weighted by molar-refractivity contribution is 5.92. The van der Waals surface area contributed by atoms with Crippen LogP contribution in [0.2, 0.25) is 0 Å². The van der Waals surface area contributed by atoms with Gasteiger partial charge in [-0.05, 0) is 30.2 Å². The molecule has 3 rings (SSSR count). The lowest BCUT2D eigenvalue weighted by atomic mass is 9.89. The Labute approximate surface area is 149 Å². The van der Waals surface area contributed by atoms with Crippen LogP contribution in [0, 0.1) is 11.8 Å². The number of amides is 1. The molecule has 2 aliphatic heterocycles. The second-order valence-corrected chi connectivity index (χ2v) is 7.64. The zero-order valence-electron chi connectivity index (χ0n) is 15.3. The summed E-state index contributed by atoms with van der Waals surface area (Å²) in [6.07, 6.45) is 0.968. The quantitative estimate of drug-likeness (QED) is 0.826. The van der Waals surface area contributed by atoms with E-state index in [1.165, 1.54) is 0 Å². The van der Waals surface area contributed by atoms with Crippen molar-refractivity contribution in [3.05, 3.63) is 17.5 Å². The van der Waals surface area contributed by atoms with E-state index in [2.05, 4.69) is 28.9 Å². The molecular formula is C18H30N4O3. The first-order valence-electron chi connectivity index (χ1n) is 9.32. The summed E-state index contributed by atoms with van der Waals surface area (Å²) in [5.41, 5.74) is 1.45. The second kappa shape index (κ2) is 8.29. The van der Waals surface area contributed by atoms with Crippen molar-refractivity contribution in [3.8, 4) is 0 Å². The van der Waals surface area contributed by atoms with E-state index >= 15 is 0 Å². The van der Waals surface area contributed by atoms with Crippen molar-refractivity contribution in [1.82, 2.24) is 20.0 Å². The van der Waals surface area contributed by atoms with Gasteiger partial charge in [0, 0.05) is 45.0 Å². The van der Waals surface area contributed by atoms with E-state index < -0.39 is 0 Å². The molecule has 0 spiro atoms. The van der Waals surface area contributed by atoms with E-state index in [4.69, 9.17) is 4.74 Å². The molecule has 2 aliphatic rings. The molecule has 2 unspecified atom stereocenters. The van der Waals surface area contributed by atoms with Crippen molar-refractivity contribution < 1.29 is 14.6 Å². The number of hydrogen-bond donors (Lipinski definition) is 2. The lowest BCUT2D eigenvalue weighted by molar-refractivity contribution is 0.0129. The van der Waals surface area contributed by atoms with Crippen LogP contribution in [-0.2, 0) is 4.74 Å². The fourth-order valence-electron chi connectivity index (χ4n) is 3.80. The minimum Gasteiger partial charge on any atom is -0.396 e. The molecule has 25 heavy (non-hydrogen) atoms. The third-order valence-electron chi connectivity index (χ3n) is 5.23. The van der Waals surface area contributed by atoms with Gasteiger partial charge in [-0.3, -0.25) is 14.8 Å². The molecule has 1 amide bonds. The summed E-state index contributed by atoms with van der Waals surface area (Å²) >= 11 is 0. The average Bonchev–Trinajstić information content (AvgIpc) is 3.12.